The van der Waals surface area contributed by atoms with Crippen molar-refractivity contribution in [3.05, 3.63) is 41.7 Å². The molecule has 0 saturated carbocycles. The van der Waals surface area contributed by atoms with E-state index >= 15 is 0 Å². The van der Waals surface area contributed by atoms with E-state index in [4.69, 9.17) is 29.5 Å². The summed E-state index contributed by atoms with van der Waals surface area (Å²) in [7, 11) is -0.256. The number of methoxy groups -OCH3 is 1. The number of carbonyl (C=O) groups is 4. The summed E-state index contributed by atoms with van der Waals surface area (Å²) < 4.78 is 68.3. The highest BCUT2D eigenvalue weighted by molar-refractivity contribution is 14.1. The maximum atomic E-state index is 14.4. The SMILES string of the molecule is CO[C@]1(C)C[C@@H](C)C(=O)[C@H](C)[C@@H](NN)[C@](C)(OC=O)[C@@H](I)OC(=O)[C@H](C)C(=O)[C@H](C)[C@H]1O[C@@H]1O[C@H](C)C[C@H](N(C)CCc2cn([C@H](CF)[C@H](O)c3ccc(S(C)(=O)=O)cc3)nn2)[C@H]1O. The summed E-state index contributed by atoms with van der Waals surface area (Å²) in [5.74, 6) is 0.101. The highest BCUT2D eigenvalue weighted by atomic mass is 127. The van der Waals surface area contributed by atoms with Crippen LogP contribution in [0, 0.1) is 23.7 Å². The number of likely N-dealkylation sites (N-methyl/N-ethyl adjacent to an activating group) is 1. The lowest BCUT2D eigenvalue weighted by molar-refractivity contribution is -0.296. The van der Waals surface area contributed by atoms with Crippen LogP contribution in [0.5, 0.6) is 0 Å². The largest absolute Gasteiger partial charge is 0.455 e. The average Bonchev–Trinajstić information content (AvgIpc) is 3.72. The van der Waals surface area contributed by atoms with Crippen LogP contribution in [-0.4, -0.2) is 148 Å². The van der Waals surface area contributed by atoms with Gasteiger partial charge in [0.1, 0.15) is 36.6 Å². The fourth-order valence-corrected chi connectivity index (χ4v) is 10.2. The number of aromatic nitrogens is 3. The van der Waals surface area contributed by atoms with Gasteiger partial charge < -0.3 is 38.8 Å². The lowest BCUT2D eigenvalue weighted by Crippen LogP contribution is -2.63. The summed E-state index contributed by atoms with van der Waals surface area (Å²) >= 11 is 1.77. The van der Waals surface area contributed by atoms with Gasteiger partial charge in [-0.05, 0) is 87.9 Å². The molecular formula is C42H64FIN6O13S. The van der Waals surface area contributed by atoms with Crippen LogP contribution in [0.4, 0.5) is 4.39 Å². The van der Waals surface area contributed by atoms with Gasteiger partial charge >= 0.3 is 5.97 Å². The number of rotatable bonds is 15. The maximum absolute atomic E-state index is 14.4. The maximum Gasteiger partial charge on any atom is 0.317 e. The minimum atomic E-state index is -3.47. The highest BCUT2D eigenvalue weighted by Gasteiger charge is 2.53. The minimum Gasteiger partial charge on any atom is -0.455 e. The molecule has 0 aliphatic carbocycles. The van der Waals surface area contributed by atoms with Crippen LogP contribution in [0.3, 0.4) is 0 Å². The van der Waals surface area contributed by atoms with Gasteiger partial charge in [0.05, 0.1) is 34.4 Å². The Morgan fingerprint density at radius 1 is 1.12 bits per heavy atom. The molecule has 2 aromatic rings. The van der Waals surface area contributed by atoms with Crippen molar-refractivity contribution in [3.8, 4) is 0 Å². The molecule has 0 bridgehead atoms. The molecule has 1 aromatic heterocycles. The van der Waals surface area contributed by atoms with Crippen molar-refractivity contribution in [2.45, 2.75) is 137 Å². The second-order valence-corrected chi connectivity index (χ2v) is 20.8. The Bertz CT molecular complexity index is 2030. The number of hydrogen-bond acceptors (Lipinski definition) is 18. The van der Waals surface area contributed by atoms with Gasteiger partial charge in [-0.1, -0.05) is 38.1 Å². The first-order valence-corrected chi connectivity index (χ1v) is 24.2. The summed E-state index contributed by atoms with van der Waals surface area (Å²) in [6.07, 6.45) is -2.27. The zero-order chi connectivity index (χ0) is 48.1. The number of esters is 1. The number of cyclic esters (lactones) is 1. The Kier molecular flexibility index (Phi) is 18.5. The van der Waals surface area contributed by atoms with Gasteiger partial charge in [0, 0.05) is 56.3 Å². The number of hydrogen-bond donors (Lipinski definition) is 4. The van der Waals surface area contributed by atoms with E-state index in [2.05, 4.69) is 15.7 Å². The third-order valence-corrected chi connectivity index (χ3v) is 15.5. The predicted octanol–water partition coefficient (Wildman–Crippen LogP) is 2.21. The normalized spacial score (nSPS) is 34.8. The number of nitrogens with one attached hydrogen (secondary N) is 1. The lowest BCUT2D eigenvalue weighted by Gasteiger charge is -2.47. The number of halogens is 2. The fourth-order valence-electron chi connectivity index (χ4n) is 8.79. The molecule has 2 saturated heterocycles. The molecule has 3 heterocycles. The van der Waals surface area contributed by atoms with Crippen LogP contribution < -0.4 is 11.3 Å². The summed E-state index contributed by atoms with van der Waals surface area (Å²) in [5, 5.41) is 31.2. The van der Waals surface area contributed by atoms with E-state index < -0.39 is 116 Å². The Hall–Kier alpha value is -3.07. The summed E-state index contributed by atoms with van der Waals surface area (Å²) in [5.41, 5.74) is 0.330. The molecule has 15 atom stereocenters. The number of hydrazine groups is 1. The standard InChI is InChI=1S/C42H64FIN6O13S/c1-22-18-41(6,59-9)37(25(4)33(53)26(5)38(56)63-40(44)42(7,60-21-51)36(46-45)24(3)32(22)52)62-39-35(55)30(17-23(2)61-39)49(8)16-15-28-20-50(48-47-28)31(19-43)34(54)27-11-13-29(14-12-27)64(10,57)58/h11-14,20-26,30-31,34-37,39-40,46,54-55H,15-19,45H2,1-10H3/t22-,23-,24+,25+,26-,30+,31-,34-,35-,36-,37-,39+,40+,41-,42+/m1/s1. The number of aliphatic hydroxyl groups is 2. The Morgan fingerprint density at radius 2 is 1.77 bits per heavy atom. The second-order valence-electron chi connectivity index (χ2n) is 17.6. The topological polar surface area (TPSA) is 261 Å². The number of aliphatic hydroxyl groups excluding tert-OH is 2. The summed E-state index contributed by atoms with van der Waals surface area (Å²) in [6.45, 7) is 10.8. The number of nitrogens with zero attached hydrogens (tertiary/aromatic N) is 4. The molecule has 2 fully saturated rings. The number of carbonyl (C=O) groups excluding carboxylic acids is 4. The van der Waals surface area contributed by atoms with E-state index in [0.717, 1.165) is 6.26 Å². The molecule has 0 spiro atoms. The van der Waals surface area contributed by atoms with E-state index in [-0.39, 0.29) is 23.6 Å². The van der Waals surface area contributed by atoms with E-state index in [0.29, 0.717) is 30.6 Å². The zero-order valence-corrected chi connectivity index (χ0v) is 40.9. The van der Waals surface area contributed by atoms with Crippen LogP contribution in [0.15, 0.2) is 35.4 Å². The van der Waals surface area contributed by atoms with Crippen molar-refractivity contribution in [1.82, 2.24) is 25.3 Å². The highest BCUT2D eigenvalue weighted by Crippen LogP contribution is 2.39. The first-order chi connectivity index (χ1) is 29.9. The van der Waals surface area contributed by atoms with Crippen molar-refractivity contribution in [2.75, 3.05) is 33.6 Å². The van der Waals surface area contributed by atoms with Crippen molar-refractivity contribution < 1.29 is 65.9 Å². The van der Waals surface area contributed by atoms with Gasteiger partial charge in [0.2, 0.25) is 0 Å². The van der Waals surface area contributed by atoms with E-state index in [9.17, 15) is 42.2 Å². The molecule has 22 heteroatoms. The van der Waals surface area contributed by atoms with Gasteiger partial charge in [-0.3, -0.25) is 30.4 Å². The van der Waals surface area contributed by atoms with Gasteiger partial charge in [0.15, 0.2) is 31.6 Å². The Labute approximate surface area is 387 Å². The first-order valence-electron chi connectivity index (χ1n) is 21.1. The number of ketones is 2. The van der Waals surface area contributed by atoms with Gasteiger partial charge in [-0.2, -0.15) is 0 Å². The zero-order valence-electron chi connectivity index (χ0n) is 37.9. The Morgan fingerprint density at radius 3 is 2.33 bits per heavy atom. The molecule has 0 radical (unpaired) electrons. The van der Waals surface area contributed by atoms with Crippen LogP contribution >= 0.6 is 22.6 Å². The molecular weight excluding hydrogens is 974 g/mol. The number of nitrogens with two attached hydrogens (primary N) is 1. The van der Waals surface area contributed by atoms with Crippen molar-refractivity contribution in [1.29, 1.82) is 0 Å². The number of ether oxygens (including phenoxy) is 5. The number of Topliss-reactive ketones (excluding diaryl/α,β-unsaturated/α-hetero) is 2. The lowest BCUT2D eigenvalue weighted by atomic mass is 9.74. The minimum absolute atomic E-state index is 0.0160. The van der Waals surface area contributed by atoms with Crippen molar-refractivity contribution in [2.24, 2.45) is 29.5 Å². The van der Waals surface area contributed by atoms with E-state index in [1.54, 1.807) is 57.3 Å². The number of benzene rings is 1. The smallest absolute Gasteiger partial charge is 0.317 e. The van der Waals surface area contributed by atoms with E-state index in [1.165, 1.54) is 56.1 Å². The van der Waals surface area contributed by atoms with Crippen molar-refractivity contribution >= 4 is 56.4 Å². The van der Waals surface area contributed by atoms with Crippen LogP contribution in [0.1, 0.15) is 84.7 Å². The van der Waals surface area contributed by atoms with Gasteiger partial charge in [-0.15, -0.1) is 5.10 Å². The first kappa shape index (κ1) is 53.5. The molecule has 64 heavy (non-hydrogen) atoms. The molecule has 19 nitrogen and oxygen atoms in total. The number of sulfone groups is 1. The fraction of sp³-hybridized carbons (Fsp3) is 0.714. The molecule has 2 aliphatic rings. The second kappa shape index (κ2) is 22.2. The summed E-state index contributed by atoms with van der Waals surface area (Å²) in [4.78, 5) is 55.7. The number of alkyl halides is 2. The summed E-state index contributed by atoms with van der Waals surface area (Å²) in [6, 6.07) is 2.80. The van der Waals surface area contributed by atoms with E-state index in [1.807, 2.05) is 11.8 Å². The predicted molar refractivity (Wildman–Crippen MR) is 237 cm³/mol. The molecule has 5 N–H and O–H groups in total. The van der Waals surface area contributed by atoms with Crippen LogP contribution in [0.2, 0.25) is 0 Å². The average molecular weight is 1040 g/mol. The van der Waals surface area contributed by atoms with Crippen LogP contribution in [0.25, 0.3) is 0 Å². The third-order valence-electron chi connectivity index (χ3n) is 12.9. The molecule has 360 valence electrons. The van der Waals surface area contributed by atoms with Gasteiger partial charge in [-0.25, -0.2) is 17.5 Å². The Balaban J connectivity index is 1.57. The van der Waals surface area contributed by atoms with Crippen molar-refractivity contribution in [3.63, 3.8) is 0 Å². The van der Waals surface area contributed by atoms with Crippen LogP contribution in [-0.2, 0) is 59.1 Å². The molecule has 4 rings (SSSR count). The molecule has 0 amide bonds. The molecule has 2 aliphatic heterocycles. The molecule has 1 aromatic carbocycles. The monoisotopic (exact) mass is 1040 g/mol. The third kappa shape index (κ3) is 11.9. The van der Waals surface area contributed by atoms with Gasteiger partial charge in [0.25, 0.3) is 6.47 Å². The molecule has 0 unspecified atom stereocenters. The quantitative estimate of drug-likeness (QED) is 0.0379.